The van der Waals surface area contributed by atoms with Gasteiger partial charge in [-0.1, -0.05) is 12.1 Å². The molecule has 35 heavy (non-hydrogen) atoms. The van der Waals surface area contributed by atoms with Crippen molar-refractivity contribution in [3.05, 3.63) is 71.8 Å². The Balaban J connectivity index is 1.57. The Kier molecular flexibility index (Phi) is 6.12. The molecule has 4 aromatic rings. The summed E-state index contributed by atoms with van der Waals surface area (Å²) in [6.07, 6.45) is -1.60. The van der Waals surface area contributed by atoms with E-state index in [2.05, 4.69) is 25.6 Å². The number of urea groups is 1. The molecule has 9 nitrogen and oxygen atoms in total. The van der Waals surface area contributed by atoms with Crippen molar-refractivity contribution in [1.29, 1.82) is 0 Å². The summed E-state index contributed by atoms with van der Waals surface area (Å²) in [6, 6.07) is 7.80. The fraction of sp³-hybridized carbons (Fsp3) is 0.174. The van der Waals surface area contributed by atoms with Crippen LogP contribution in [0.4, 0.5) is 35.3 Å². The van der Waals surface area contributed by atoms with Gasteiger partial charge >= 0.3 is 12.2 Å². The molecule has 0 bridgehead atoms. The summed E-state index contributed by atoms with van der Waals surface area (Å²) in [5, 5.41) is 5.13. The van der Waals surface area contributed by atoms with Crippen LogP contribution in [-0.2, 0) is 6.18 Å². The van der Waals surface area contributed by atoms with Gasteiger partial charge in [0.2, 0.25) is 5.78 Å². The molecule has 0 aliphatic carbocycles. The molecule has 180 valence electrons. The molecule has 3 aromatic heterocycles. The fourth-order valence-corrected chi connectivity index (χ4v) is 3.49. The maximum Gasteiger partial charge on any atom is 0.416 e. The number of fused-ring (bicyclic) bond motifs is 1. The van der Waals surface area contributed by atoms with Crippen molar-refractivity contribution < 1.29 is 22.8 Å². The minimum atomic E-state index is -4.54. The molecule has 1 aromatic carbocycles. The van der Waals surface area contributed by atoms with Crippen LogP contribution in [0, 0.1) is 0 Å². The number of carbonyl (C=O) groups is 2. The first-order valence-corrected chi connectivity index (χ1v) is 10.4. The Morgan fingerprint density at radius 2 is 1.80 bits per heavy atom. The second kappa shape index (κ2) is 9.05. The van der Waals surface area contributed by atoms with E-state index in [1.807, 2.05) is 13.8 Å². The largest absolute Gasteiger partial charge is 0.416 e. The number of hydrogen-bond donors (Lipinski definition) is 3. The molecule has 4 rings (SSSR count). The van der Waals surface area contributed by atoms with Crippen molar-refractivity contribution in [2.45, 2.75) is 26.1 Å². The lowest BCUT2D eigenvalue weighted by atomic mass is 10.1. The highest BCUT2D eigenvalue weighted by Crippen LogP contribution is 2.31. The van der Waals surface area contributed by atoms with Crippen molar-refractivity contribution in [3.8, 4) is 0 Å². The lowest BCUT2D eigenvalue weighted by Gasteiger charge is -2.11. The molecule has 0 saturated heterocycles. The number of nitrogens with two attached hydrogens (primary N) is 1. The minimum absolute atomic E-state index is 0.00569. The zero-order valence-corrected chi connectivity index (χ0v) is 18.6. The summed E-state index contributed by atoms with van der Waals surface area (Å²) in [4.78, 5) is 38.0. The molecule has 0 saturated carbocycles. The average Bonchev–Trinajstić information content (AvgIpc) is 3.20. The molecule has 0 aliphatic heterocycles. The lowest BCUT2D eigenvalue weighted by Crippen LogP contribution is -2.21. The maximum atomic E-state index is 13.3. The Hall–Kier alpha value is -4.48. The summed E-state index contributed by atoms with van der Waals surface area (Å²) >= 11 is 0. The first kappa shape index (κ1) is 23.7. The van der Waals surface area contributed by atoms with E-state index >= 15 is 0 Å². The van der Waals surface area contributed by atoms with Gasteiger partial charge in [-0.2, -0.15) is 13.2 Å². The summed E-state index contributed by atoms with van der Waals surface area (Å²) in [5.41, 5.74) is 5.85. The highest BCUT2D eigenvalue weighted by molar-refractivity contribution is 6.17. The lowest BCUT2D eigenvalue weighted by molar-refractivity contribution is -0.137. The van der Waals surface area contributed by atoms with Crippen LogP contribution in [0.5, 0.6) is 0 Å². The number of nitrogen functional groups attached to an aromatic ring is 1. The first-order valence-electron chi connectivity index (χ1n) is 10.4. The van der Waals surface area contributed by atoms with Gasteiger partial charge in [0.25, 0.3) is 0 Å². The zero-order chi connectivity index (χ0) is 25.3. The summed E-state index contributed by atoms with van der Waals surface area (Å²) < 4.78 is 40.5. The number of pyridine rings is 1. The number of nitrogens with zero attached hydrogens (tertiary/aromatic N) is 4. The van der Waals surface area contributed by atoms with Gasteiger partial charge in [-0.15, -0.1) is 0 Å². The number of nitrogens with one attached hydrogen (secondary N) is 2. The number of aromatic nitrogens is 4. The molecular weight excluding hydrogens is 463 g/mol. The number of benzene rings is 1. The average molecular weight is 483 g/mol. The predicted molar refractivity (Wildman–Crippen MR) is 124 cm³/mol. The molecule has 0 fully saturated rings. The van der Waals surface area contributed by atoms with Crippen LogP contribution >= 0.6 is 0 Å². The van der Waals surface area contributed by atoms with Crippen LogP contribution in [-0.4, -0.2) is 31.3 Å². The predicted octanol–water partition coefficient (Wildman–Crippen LogP) is 4.88. The fourth-order valence-electron chi connectivity index (χ4n) is 3.49. The standard InChI is InChI=1S/C23H20F3N7O2/c1-12(2)33-10-15(18-20(27)28-11-29-21(18)33)19(34)16-7-4-8-17(31-16)32-22(35)30-14-6-3-5-13(9-14)23(24,25)26/h3-12H,1-2H3,(H2,27,28,29)(H2,30,31,32,35). The number of halogens is 3. The van der Waals surface area contributed by atoms with E-state index in [0.717, 1.165) is 12.1 Å². The van der Waals surface area contributed by atoms with Gasteiger partial charge in [0.05, 0.1) is 16.5 Å². The molecule has 0 spiro atoms. The summed E-state index contributed by atoms with van der Waals surface area (Å²) in [7, 11) is 0. The number of anilines is 3. The molecule has 0 aliphatic rings. The summed E-state index contributed by atoms with van der Waals surface area (Å²) in [5.74, 6) is -0.289. The van der Waals surface area contributed by atoms with Gasteiger partial charge in [-0.3, -0.25) is 10.1 Å². The molecule has 12 heteroatoms. The molecule has 4 N–H and O–H groups in total. The second-order valence-corrected chi connectivity index (χ2v) is 7.90. The maximum absolute atomic E-state index is 13.3. The third-order valence-corrected chi connectivity index (χ3v) is 5.11. The highest BCUT2D eigenvalue weighted by atomic mass is 19.4. The van der Waals surface area contributed by atoms with E-state index in [1.165, 1.54) is 36.7 Å². The molecular formula is C23H20F3N7O2. The topological polar surface area (TPSA) is 128 Å². The van der Waals surface area contributed by atoms with Gasteiger partial charge in [0.1, 0.15) is 29.3 Å². The number of rotatable bonds is 5. The van der Waals surface area contributed by atoms with Crippen LogP contribution in [0.3, 0.4) is 0 Å². The van der Waals surface area contributed by atoms with E-state index in [0.29, 0.717) is 11.0 Å². The molecule has 2 amide bonds. The number of alkyl halides is 3. The van der Waals surface area contributed by atoms with Crippen molar-refractivity contribution >= 4 is 40.2 Å². The number of amides is 2. The smallest absolute Gasteiger partial charge is 0.383 e. The normalized spacial score (nSPS) is 11.6. The SMILES string of the molecule is CC(C)n1cc(C(=O)c2cccc(NC(=O)Nc3cccc(C(F)(F)F)c3)n2)c2c(N)ncnc21. The van der Waals surface area contributed by atoms with Gasteiger partial charge in [-0.25, -0.2) is 19.7 Å². The van der Waals surface area contributed by atoms with Gasteiger partial charge in [-0.05, 0) is 44.2 Å². The van der Waals surface area contributed by atoms with Crippen LogP contribution in [0.15, 0.2) is 55.0 Å². The van der Waals surface area contributed by atoms with Crippen LogP contribution in [0.1, 0.15) is 41.5 Å². The van der Waals surface area contributed by atoms with Crippen molar-refractivity contribution in [2.75, 3.05) is 16.4 Å². The highest BCUT2D eigenvalue weighted by Gasteiger charge is 2.30. The first-order chi connectivity index (χ1) is 16.5. The monoisotopic (exact) mass is 483 g/mol. The third-order valence-electron chi connectivity index (χ3n) is 5.11. The van der Waals surface area contributed by atoms with Crippen LogP contribution in [0.2, 0.25) is 0 Å². The van der Waals surface area contributed by atoms with Crippen LogP contribution < -0.4 is 16.4 Å². The van der Waals surface area contributed by atoms with E-state index in [-0.39, 0.29) is 34.6 Å². The summed E-state index contributed by atoms with van der Waals surface area (Å²) in [6.45, 7) is 3.86. The molecule has 0 unspecified atom stereocenters. The molecule has 0 atom stereocenters. The van der Waals surface area contributed by atoms with E-state index < -0.39 is 23.6 Å². The quantitative estimate of drug-likeness (QED) is 0.347. The number of hydrogen-bond acceptors (Lipinski definition) is 6. The third kappa shape index (κ3) is 4.90. The van der Waals surface area contributed by atoms with E-state index in [1.54, 1.807) is 10.8 Å². The van der Waals surface area contributed by atoms with Gasteiger partial charge < -0.3 is 15.6 Å². The van der Waals surface area contributed by atoms with Gasteiger partial charge in [0, 0.05) is 17.9 Å². The van der Waals surface area contributed by atoms with Crippen molar-refractivity contribution in [2.24, 2.45) is 0 Å². The van der Waals surface area contributed by atoms with Crippen molar-refractivity contribution in [1.82, 2.24) is 19.5 Å². The zero-order valence-electron chi connectivity index (χ0n) is 18.6. The molecule has 3 heterocycles. The Morgan fingerprint density at radius 3 is 2.51 bits per heavy atom. The second-order valence-electron chi connectivity index (χ2n) is 7.90. The van der Waals surface area contributed by atoms with Gasteiger partial charge in [0.15, 0.2) is 0 Å². The van der Waals surface area contributed by atoms with Crippen molar-refractivity contribution in [3.63, 3.8) is 0 Å². The Bertz CT molecular complexity index is 1430. The number of carbonyl (C=O) groups excluding carboxylic acids is 2. The number of ketones is 1. The minimum Gasteiger partial charge on any atom is -0.383 e. The van der Waals surface area contributed by atoms with Crippen LogP contribution in [0.25, 0.3) is 11.0 Å². The Morgan fingerprint density at radius 1 is 1.06 bits per heavy atom. The molecule has 0 radical (unpaired) electrons. The van der Waals surface area contributed by atoms with E-state index in [9.17, 15) is 22.8 Å². The van der Waals surface area contributed by atoms with E-state index in [4.69, 9.17) is 5.73 Å². The Labute approximate surface area is 197 Å².